The third kappa shape index (κ3) is 5.93. The minimum absolute atomic E-state index is 0.0479. The van der Waals surface area contributed by atoms with E-state index < -0.39 is 43.1 Å². The fourth-order valence-corrected chi connectivity index (χ4v) is 5.12. The van der Waals surface area contributed by atoms with Crippen LogP contribution in [0.15, 0.2) is 36.9 Å². The average molecular weight is 493 g/mol. The van der Waals surface area contributed by atoms with Gasteiger partial charge in [0, 0.05) is 5.56 Å². The Morgan fingerprint density at radius 1 is 1.26 bits per heavy atom. The summed E-state index contributed by atoms with van der Waals surface area (Å²) in [6.07, 6.45) is 1.76. The quantitative estimate of drug-likeness (QED) is 0.306. The SMILES string of the molecule is C[C@@H](Cn1cnc2c(N)ncnc21)OCP(=O)(NC(=O)c1ccc(F)cc1)NC(C)(C)C(=O)O. The lowest BCUT2D eigenvalue weighted by molar-refractivity contribution is -0.142. The number of carbonyl (C=O) groups is 2. The number of benzene rings is 1. The third-order valence-corrected chi connectivity index (χ3v) is 6.80. The number of hydrogen-bond donors (Lipinski definition) is 4. The summed E-state index contributed by atoms with van der Waals surface area (Å²) in [5.41, 5.74) is 5.11. The Hall–Kier alpha value is -3.41. The Morgan fingerprint density at radius 2 is 1.94 bits per heavy atom. The molecule has 0 aliphatic carbocycles. The zero-order valence-corrected chi connectivity index (χ0v) is 19.6. The van der Waals surface area contributed by atoms with Gasteiger partial charge in [-0.15, -0.1) is 0 Å². The van der Waals surface area contributed by atoms with Crippen LogP contribution >= 0.6 is 7.44 Å². The number of aliphatic carboxylic acids is 1. The number of anilines is 1. The number of ether oxygens (including phenoxy) is 1. The molecule has 0 radical (unpaired) electrons. The Kier molecular flexibility index (Phi) is 7.29. The van der Waals surface area contributed by atoms with Gasteiger partial charge in [0.2, 0.25) is 0 Å². The number of rotatable bonds is 10. The maximum absolute atomic E-state index is 13.6. The number of carboxylic acids is 1. The molecular weight excluding hydrogens is 468 g/mol. The van der Waals surface area contributed by atoms with Crippen molar-refractivity contribution in [2.24, 2.45) is 0 Å². The number of aromatic nitrogens is 4. The minimum Gasteiger partial charge on any atom is -0.480 e. The van der Waals surface area contributed by atoms with E-state index in [1.807, 2.05) is 0 Å². The molecule has 12 nitrogen and oxygen atoms in total. The van der Waals surface area contributed by atoms with Gasteiger partial charge in [0.25, 0.3) is 13.4 Å². The lowest BCUT2D eigenvalue weighted by Crippen LogP contribution is -2.48. The second kappa shape index (κ2) is 9.84. The lowest BCUT2D eigenvalue weighted by atomic mass is 10.1. The Labute approximate surface area is 194 Å². The molecule has 5 N–H and O–H groups in total. The lowest BCUT2D eigenvalue weighted by Gasteiger charge is -2.29. The summed E-state index contributed by atoms with van der Waals surface area (Å²) >= 11 is 0. The first-order chi connectivity index (χ1) is 15.9. The number of nitrogen functional groups attached to an aromatic ring is 1. The number of amides is 1. The fourth-order valence-electron chi connectivity index (χ4n) is 3.02. The van der Waals surface area contributed by atoms with Gasteiger partial charge in [-0.3, -0.25) is 19.2 Å². The summed E-state index contributed by atoms with van der Waals surface area (Å²) in [6.45, 7) is 4.56. The predicted molar refractivity (Wildman–Crippen MR) is 121 cm³/mol. The first-order valence-corrected chi connectivity index (χ1v) is 12.0. The largest absolute Gasteiger partial charge is 0.480 e. The second-order valence-corrected chi connectivity index (χ2v) is 10.3. The number of imidazole rings is 1. The molecule has 182 valence electrons. The highest BCUT2D eigenvalue weighted by molar-refractivity contribution is 7.60. The summed E-state index contributed by atoms with van der Waals surface area (Å²) in [6, 6.07) is 4.61. The maximum Gasteiger partial charge on any atom is 0.323 e. The molecule has 0 bridgehead atoms. The molecule has 1 amide bonds. The summed E-state index contributed by atoms with van der Waals surface area (Å²) in [4.78, 5) is 36.4. The van der Waals surface area contributed by atoms with Crippen molar-refractivity contribution in [2.45, 2.75) is 39.0 Å². The molecule has 2 aromatic heterocycles. The van der Waals surface area contributed by atoms with E-state index >= 15 is 0 Å². The van der Waals surface area contributed by atoms with Gasteiger partial charge in [0.05, 0.1) is 19.0 Å². The number of hydrogen-bond acceptors (Lipinski definition) is 8. The monoisotopic (exact) mass is 493 g/mol. The molecule has 0 saturated heterocycles. The predicted octanol–water partition coefficient (Wildman–Crippen LogP) is 1.99. The molecule has 34 heavy (non-hydrogen) atoms. The van der Waals surface area contributed by atoms with Crippen LogP contribution in [0.25, 0.3) is 11.2 Å². The number of carboxylic acid groups (broad SMARTS) is 1. The fraction of sp³-hybridized carbons (Fsp3) is 0.350. The van der Waals surface area contributed by atoms with E-state index in [0.717, 1.165) is 12.1 Å². The zero-order valence-electron chi connectivity index (χ0n) is 18.7. The van der Waals surface area contributed by atoms with E-state index in [0.29, 0.717) is 11.2 Å². The number of carbonyl (C=O) groups excluding carboxylic acids is 1. The van der Waals surface area contributed by atoms with Gasteiger partial charge < -0.3 is 20.1 Å². The molecule has 0 saturated carbocycles. The van der Waals surface area contributed by atoms with Crippen LogP contribution in [-0.2, 0) is 20.6 Å². The van der Waals surface area contributed by atoms with Gasteiger partial charge >= 0.3 is 5.97 Å². The third-order valence-electron chi connectivity index (χ3n) is 4.81. The van der Waals surface area contributed by atoms with Crippen LogP contribution in [0.2, 0.25) is 0 Å². The molecule has 2 atom stereocenters. The first kappa shape index (κ1) is 25.2. The van der Waals surface area contributed by atoms with Crippen molar-refractivity contribution in [1.29, 1.82) is 0 Å². The van der Waals surface area contributed by atoms with Gasteiger partial charge in [-0.1, -0.05) is 0 Å². The van der Waals surface area contributed by atoms with Crippen LogP contribution in [0.3, 0.4) is 0 Å². The smallest absolute Gasteiger partial charge is 0.323 e. The molecule has 2 heterocycles. The van der Waals surface area contributed by atoms with Crippen molar-refractivity contribution >= 4 is 36.3 Å². The summed E-state index contributed by atoms with van der Waals surface area (Å²) in [7, 11) is -3.94. The second-order valence-electron chi connectivity index (χ2n) is 8.16. The standard InChI is InChI=1S/C20H25FN7O5P/c1-12(8-28-10-25-15-16(22)23-9-24-17(15)28)33-11-34(32,27-20(2,3)19(30)31)26-18(29)13-4-6-14(21)7-5-13/h4-7,9-10,12H,8,11H2,1-3H3,(H,30,31)(H2,22,23,24)(H2,26,27,29,32)/t12-,34?/m0/s1. The summed E-state index contributed by atoms with van der Waals surface area (Å²) in [5.74, 6) is -2.37. The van der Waals surface area contributed by atoms with Gasteiger partial charge in [-0.05, 0) is 45.0 Å². The molecule has 0 spiro atoms. The zero-order chi connectivity index (χ0) is 25.1. The van der Waals surface area contributed by atoms with Gasteiger partial charge in [0.15, 0.2) is 11.5 Å². The first-order valence-electron chi connectivity index (χ1n) is 10.1. The van der Waals surface area contributed by atoms with Crippen molar-refractivity contribution in [3.05, 3.63) is 48.3 Å². The molecule has 1 aromatic carbocycles. The van der Waals surface area contributed by atoms with Crippen LogP contribution in [-0.4, -0.2) is 54.5 Å². The van der Waals surface area contributed by atoms with Crippen molar-refractivity contribution < 1.29 is 28.4 Å². The van der Waals surface area contributed by atoms with Crippen LogP contribution in [0.4, 0.5) is 10.2 Å². The van der Waals surface area contributed by atoms with E-state index in [1.54, 1.807) is 11.5 Å². The molecule has 0 aliphatic heterocycles. The van der Waals surface area contributed by atoms with Crippen molar-refractivity contribution in [1.82, 2.24) is 29.7 Å². The molecular formula is C20H25FN7O5P. The van der Waals surface area contributed by atoms with Crippen molar-refractivity contribution in [2.75, 3.05) is 12.1 Å². The number of fused-ring (bicyclic) bond motifs is 1. The van der Waals surface area contributed by atoms with Crippen LogP contribution in [0.1, 0.15) is 31.1 Å². The highest BCUT2D eigenvalue weighted by Crippen LogP contribution is 2.39. The van der Waals surface area contributed by atoms with E-state index in [1.165, 1.54) is 38.6 Å². The van der Waals surface area contributed by atoms with E-state index in [-0.39, 0.29) is 17.9 Å². The van der Waals surface area contributed by atoms with Crippen LogP contribution < -0.4 is 15.9 Å². The summed E-state index contributed by atoms with van der Waals surface area (Å²) < 4.78 is 34.2. The number of nitrogens with two attached hydrogens (primary N) is 1. The van der Waals surface area contributed by atoms with Gasteiger partial charge in [-0.2, -0.15) is 0 Å². The van der Waals surface area contributed by atoms with Crippen molar-refractivity contribution in [3.63, 3.8) is 0 Å². The van der Waals surface area contributed by atoms with E-state index in [9.17, 15) is 23.7 Å². The summed E-state index contributed by atoms with van der Waals surface area (Å²) in [5, 5.41) is 14.3. The van der Waals surface area contributed by atoms with Crippen LogP contribution in [0, 0.1) is 5.82 Å². The molecule has 3 rings (SSSR count). The molecule has 3 aromatic rings. The molecule has 0 aliphatic rings. The van der Waals surface area contributed by atoms with E-state index in [4.69, 9.17) is 10.5 Å². The number of halogens is 1. The topological polar surface area (TPSA) is 174 Å². The van der Waals surface area contributed by atoms with Gasteiger partial charge in [-0.25, -0.2) is 24.4 Å². The average Bonchev–Trinajstić information content (AvgIpc) is 3.16. The number of nitrogens with zero attached hydrogens (tertiary/aromatic N) is 4. The normalized spacial score (nSPS) is 14.5. The Bertz CT molecular complexity index is 1250. The Morgan fingerprint density at radius 3 is 2.59 bits per heavy atom. The highest BCUT2D eigenvalue weighted by atomic mass is 31.2. The minimum atomic E-state index is -3.94. The Balaban J connectivity index is 1.75. The van der Waals surface area contributed by atoms with Gasteiger partial charge in [0.1, 0.15) is 29.5 Å². The highest BCUT2D eigenvalue weighted by Gasteiger charge is 2.37. The van der Waals surface area contributed by atoms with Crippen LogP contribution in [0.5, 0.6) is 0 Å². The maximum atomic E-state index is 13.6. The molecule has 0 fully saturated rings. The number of nitrogens with one attached hydrogen (secondary N) is 2. The van der Waals surface area contributed by atoms with E-state index in [2.05, 4.69) is 25.1 Å². The molecule has 14 heteroatoms. The van der Waals surface area contributed by atoms with Crippen molar-refractivity contribution in [3.8, 4) is 0 Å². The molecule has 1 unspecified atom stereocenters.